The largest absolute Gasteiger partial charge is 0.508 e. The lowest BCUT2D eigenvalue weighted by Crippen LogP contribution is -2.51. The number of rotatable bonds is 6. The molecule has 3 aromatic carbocycles. The van der Waals surface area contributed by atoms with Crippen LogP contribution in [0, 0.1) is 29.8 Å². The molecule has 8 rings (SSSR count). The molecular formula is C37H40F3N5O3. The van der Waals surface area contributed by atoms with Gasteiger partial charge in [-0.1, -0.05) is 25.8 Å². The molecule has 8 nitrogen and oxygen atoms in total. The van der Waals surface area contributed by atoms with Crippen LogP contribution in [0.2, 0.25) is 0 Å². The van der Waals surface area contributed by atoms with E-state index in [1.165, 1.54) is 25.3 Å². The molecule has 48 heavy (non-hydrogen) atoms. The molecule has 0 saturated carbocycles. The Morgan fingerprint density at radius 3 is 2.40 bits per heavy atom. The van der Waals surface area contributed by atoms with Crippen LogP contribution in [-0.2, 0) is 0 Å². The molecule has 0 radical (unpaired) electrons. The zero-order valence-electron chi connectivity index (χ0n) is 27.5. The molecule has 0 spiro atoms. The highest BCUT2D eigenvalue weighted by Gasteiger charge is 2.45. The second-order valence-electron chi connectivity index (χ2n) is 13.0. The minimum absolute atomic E-state index is 0.00357. The Labute approximate surface area is 278 Å². The number of terminal acetylenes is 1. The molecule has 4 aliphatic heterocycles. The van der Waals surface area contributed by atoms with Crippen LogP contribution in [0.5, 0.6) is 17.5 Å². The van der Waals surface area contributed by atoms with Gasteiger partial charge in [0.15, 0.2) is 17.4 Å². The molecule has 4 aromatic rings. The highest BCUT2D eigenvalue weighted by atomic mass is 19.1. The van der Waals surface area contributed by atoms with Crippen molar-refractivity contribution in [2.24, 2.45) is 0 Å². The van der Waals surface area contributed by atoms with Gasteiger partial charge >= 0.3 is 6.01 Å². The van der Waals surface area contributed by atoms with Crippen molar-refractivity contribution in [2.75, 3.05) is 44.8 Å². The predicted molar refractivity (Wildman–Crippen MR) is 180 cm³/mol. The van der Waals surface area contributed by atoms with Gasteiger partial charge in [0.2, 0.25) is 0 Å². The number of anilines is 1. The lowest BCUT2D eigenvalue weighted by atomic mass is 9.92. The first-order valence-corrected chi connectivity index (χ1v) is 16.9. The molecule has 2 unspecified atom stereocenters. The molecule has 4 fully saturated rings. The summed E-state index contributed by atoms with van der Waals surface area (Å²) in [6.45, 7) is 7.58. The number of phenolic OH excluding ortho intramolecular Hbond substituents is 1. The first-order valence-electron chi connectivity index (χ1n) is 16.9. The number of methoxy groups -OCH3 is 1. The molecule has 1 aromatic heterocycles. The van der Waals surface area contributed by atoms with E-state index in [1.54, 1.807) is 0 Å². The zero-order valence-corrected chi connectivity index (χ0v) is 27.5. The third-order valence-electron chi connectivity index (χ3n) is 10.4. The molecule has 11 heteroatoms. The summed E-state index contributed by atoms with van der Waals surface area (Å²) < 4.78 is 60.7. The van der Waals surface area contributed by atoms with Crippen LogP contribution in [-0.4, -0.2) is 77.5 Å². The number of fused-ring (bicyclic) bond motifs is 5. The normalized spacial score (nSPS) is 21.2. The summed E-state index contributed by atoms with van der Waals surface area (Å²) in [5, 5.41) is 14.7. The van der Waals surface area contributed by atoms with E-state index in [-0.39, 0.29) is 62.5 Å². The summed E-state index contributed by atoms with van der Waals surface area (Å²) >= 11 is 0. The Bertz CT molecular complexity index is 1920. The average molecular weight is 660 g/mol. The molecule has 4 saturated heterocycles. The highest BCUT2D eigenvalue weighted by Crippen LogP contribution is 2.47. The Balaban J connectivity index is 0.00000179. The quantitative estimate of drug-likeness (QED) is 0.226. The van der Waals surface area contributed by atoms with Crippen LogP contribution in [0.15, 0.2) is 24.3 Å². The molecule has 5 heterocycles. The van der Waals surface area contributed by atoms with E-state index in [0.717, 1.165) is 57.7 Å². The Kier molecular flexibility index (Phi) is 8.50. The second-order valence-corrected chi connectivity index (χ2v) is 13.0. The minimum atomic E-state index is -1.03. The van der Waals surface area contributed by atoms with Gasteiger partial charge < -0.3 is 24.8 Å². The SMILES string of the molecule is C#Cc1c(F)ccc2cc(O)cc(-c3c(F)c(OC)c4c(N5CC6CCC(C5)N6)nc(OCC56CCCN5CCC6)nc4c3F)c12.CC. The Morgan fingerprint density at radius 2 is 1.73 bits per heavy atom. The number of nitrogens with zero attached hydrogens (tertiary/aromatic N) is 4. The van der Waals surface area contributed by atoms with Crippen molar-refractivity contribution in [2.45, 2.75) is 70.0 Å². The van der Waals surface area contributed by atoms with Crippen LogP contribution in [0.1, 0.15) is 57.9 Å². The topological polar surface area (TPSA) is 83.0 Å². The summed E-state index contributed by atoms with van der Waals surface area (Å²) in [6.07, 6.45) is 11.9. The second kappa shape index (κ2) is 12.6. The summed E-state index contributed by atoms with van der Waals surface area (Å²) in [5.41, 5.74) is -1.13. The van der Waals surface area contributed by atoms with Gasteiger partial charge in [-0.05, 0) is 75.2 Å². The molecule has 4 aliphatic rings. The lowest BCUT2D eigenvalue weighted by molar-refractivity contribution is 0.108. The number of hydrogen-bond donors (Lipinski definition) is 2. The van der Waals surface area contributed by atoms with Crippen LogP contribution < -0.4 is 19.7 Å². The van der Waals surface area contributed by atoms with Crippen LogP contribution in [0.3, 0.4) is 0 Å². The van der Waals surface area contributed by atoms with Crippen molar-refractivity contribution >= 4 is 27.5 Å². The van der Waals surface area contributed by atoms with Gasteiger partial charge in [0.05, 0.1) is 29.2 Å². The summed E-state index contributed by atoms with van der Waals surface area (Å²) in [7, 11) is 1.30. The maximum absolute atomic E-state index is 17.1. The van der Waals surface area contributed by atoms with Gasteiger partial charge in [0.25, 0.3) is 0 Å². The van der Waals surface area contributed by atoms with E-state index in [1.807, 2.05) is 18.7 Å². The minimum Gasteiger partial charge on any atom is -0.508 e. The van der Waals surface area contributed by atoms with Crippen molar-refractivity contribution in [3.05, 3.63) is 47.3 Å². The van der Waals surface area contributed by atoms with Crippen LogP contribution in [0.4, 0.5) is 19.0 Å². The van der Waals surface area contributed by atoms with Crippen LogP contribution in [0.25, 0.3) is 32.8 Å². The molecule has 2 N–H and O–H groups in total. The Hall–Kier alpha value is -4.27. The van der Waals surface area contributed by atoms with Gasteiger partial charge in [-0.25, -0.2) is 13.2 Å². The smallest absolute Gasteiger partial charge is 0.319 e. The zero-order chi connectivity index (χ0) is 33.7. The van der Waals surface area contributed by atoms with Crippen molar-refractivity contribution in [1.29, 1.82) is 0 Å². The number of benzene rings is 3. The van der Waals surface area contributed by atoms with Gasteiger partial charge in [0, 0.05) is 36.1 Å². The predicted octanol–water partition coefficient (Wildman–Crippen LogP) is 6.54. The third kappa shape index (κ3) is 5.17. The number of phenols is 1. The van der Waals surface area contributed by atoms with Gasteiger partial charge in [0.1, 0.15) is 29.5 Å². The Morgan fingerprint density at radius 1 is 1.02 bits per heavy atom. The van der Waals surface area contributed by atoms with E-state index in [2.05, 4.69) is 21.1 Å². The maximum atomic E-state index is 17.1. The number of aromatic nitrogens is 2. The first kappa shape index (κ1) is 32.3. The number of piperazine rings is 1. The van der Waals surface area contributed by atoms with E-state index >= 15 is 8.78 Å². The highest BCUT2D eigenvalue weighted by molar-refractivity contribution is 6.06. The summed E-state index contributed by atoms with van der Waals surface area (Å²) in [5.74, 6) is -0.648. The number of nitrogens with one attached hydrogen (secondary N) is 1. The summed E-state index contributed by atoms with van der Waals surface area (Å²) in [6, 6.07) is 5.54. The van der Waals surface area contributed by atoms with Crippen molar-refractivity contribution < 1.29 is 27.8 Å². The number of aromatic hydroxyl groups is 1. The first-order chi connectivity index (χ1) is 23.3. The average Bonchev–Trinajstić information content (AvgIpc) is 3.78. The van der Waals surface area contributed by atoms with Crippen molar-refractivity contribution in [3.63, 3.8) is 0 Å². The molecule has 2 bridgehead atoms. The van der Waals surface area contributed by atoms with E-state index in [4.69, 9.17) is 20.9 Å². The van der Waals surface area contributed by atoms with Crippen LogP contribution >= 0.6 is 0 Å². The maximum Gasteiger partial charge on any atom is 0.319 e. The molecule has 0 aliphatic carbocycles. The molecule has 252 valence electrons. The molecular weight excluding hydrogens is 619 g/mol. The van der Waals surface area contributed by atoms with E-state index in [9.17, 15) is 9.50 Å². The van der Waals surface area contributed by atoms with Crippen molar-refractivity contribution in [3.8, 4) is 41.0 Å². The standard InChI is InChI=1S/C35H34F3N5O3.C2H6/c1-3-23-25(36)9-6-19-14-22(44)15-24(26(19)23)27-29(37)31-28(32(45-2)30(27)38)33(42-16-20-7-8-21(17-42)39-20)41-34(40-31)46-18-35-10-4-12-43(35)13-5-11-35;1-2/h1,6,9,14-15,20-21,39,44H,4-5,7-8,10-13,16-18H2,2H3;1-2H3. The van der Waals surface area contributed by atoms with E-state index in [0.29, 0.717) is 30.9 Å². The van der Waals surface area contributed by atoms with Crippen molar-refractivity contribution in [1.82, 2.24) is 20.2 Å². The van der Waals surface area contributed by atoms with E-state index < -0.39 is 23.0 Å². The molecule has 2 atom stereocenters. The summed E-state index contributed by atoms with van der Waals surface area (Å²) in [4.78, 5) is 13.9. The molecule has 0 amide bonds. The number of ether oxygens (including phenoxy) is 2. The number of halogens is 3. The van der Waals surface area contributed by atoms with Gasteiger partial charge in [-0.2, -0.15) is 9.97 Å². The fourth-order valence-electron chi connectivity index (χ4n) is 8.35. The lowest BCUT2D eigenvalue weighted by Gasteiger charge is -2.35. The fraction of sp³-hybridized carbons (Fsp3) is 0.459. The van der Waals surface area contributed by atoms with Gasteiger partial charge in [-0.3, -0.25) is 4.90 Å². The monoisotopic (exact) mass is 659 g/mol. The fourth-order valence-corrected chi connectivity index (χ4v) is 8.35. The van der Waals surface area contributed by atoms with Gasteiger partial charge in [-0.15, -0.1) is 6.42 Å². The number of hydrogen-bond acceptors (Lipinski definition) is 8. The third-order valence-corrected chi connectivity index (χ3v) is 10.4.